The molecule has 0 unspecified atom stereocenters. The van der Waals surface area contributed by atoms with Crippen molar-refractivity contribution >= 4 is 10.4 Å². The van der Waals surface area contributed by atoms with Crippen LogP contribution in [0.4, 0.5) is 4.53 Å². The number of rotatable bonds is 3. The van der Waals surface area contributed by atoms with Gasteiger partial charge in [-0.05, 0) is 32.0 Å². The molecule has 0 spiro atoms. The lowest BCUT2D eigenvalue weighted by atomic mass is 9.87. The van der Waals surface area contributed by atoms with Crippen LogP contribution in [0.25, 0.3) is 0 Å². The zero-order valence-corrected chi connectivity index (χ0v) is 10.0. The van der Waals surface area contributed by atoms with Crippen molar-refractivity contribution in [2.75, 3.05) is 0 Å². The summed E-state index contributed by atoms with van der Waals surface area (Å²) in [6, 6.07) is 6.31. The molecule has 6 heteroatoms. The quantitative estimate of drug-likeness (QED) is 0.824. The van der Waals surface area contributed by atoms with Crippen LogP contribution in [0.2, 0.25) is 0 Å². The summed E-state index contributed by atoms with van der Waals surface area (Å²) in [5.41, 5.74) is 0.965. The summed E-state index contributed by atoms with van der Waals surface area (Å²) in [5.74, 6) is 0.00523. The standard InChI is InChI=1S/C10H13FO4S/c1-10(2,3)8-4-6-9(7-5-8)14-16(12,13)15-11/h4-7H,1-3H3. The molecule has 0 aromatic heterocycles. The van der Waals surface area contributed by atoms with Gasteiger partial charge >= 0.3 is 10.4 Å². The summed E-state index contributed by atoms with van der Waals surface area (Å²) in [6.45, 7) is 6.05. The lowest BCUT2D eigenvalue weighted by Crippen LogP contribution is -2.11. The van der Waals surface area contributed by atoms with Gasteiger partial charge in [-0.15, -0.1) is 0 Å². The molecule has 4 nitrogen and oxygen atoms in total. The van der Waals surface area contributed by atoms with Gasteiger partial charge in [-0.3, -0.25) is 0 Å². The molecule has 1 aromatic carbocycles. The van der Waals surface area contributed by atoms with Gasteiger partial charge in [0.2, 0.25) is 0 Å². The highest BCUT2D eigenvalue weighted by Crippen LogP contribution is 2.24. The van der Waals surface area contributed by atoms with Gasteiger partial charge < -0.3 is 4.18 Å². The number of halogens is 1. The van der Waals surface area contributed by atoms with E-state index in [0.29, 0.717) is 0 Å². The predicted molar refractivity (Wildman–Crippen MR) is 56.9 cm³/mol. The lowest BCUT2D eigenvalue weighted by Gasteiger charge is -2.18. The summed E-state index contributed by atoms with van der Waals surface area (Å²) in [5, 5.41) is 0. The van der Waals surface area contributed by atoms with Gasteiger partial charge in [-0.2, -0.15) is 8.42 Å². The summed E-state index contributed by atoms with van der Waals surface area (Å²) < 4.78 is 39.8. The molecule has 0 fully saturated rings. The van der Waals surface area contributed by atoms with Crippen molar-refractivity contribution in [2.24, 2.45) is 0 Å². The Hall–Kier alpha value is -1.14. The molecule has 0 N–H and O–H groups in total. The van der Waals surface area contributed by atoms with Gasteiger partial charge in [0.1, 0.15) is 5.75 Å². The normalized spacial score (nSPS) is 12.5. The maximum atomic E-state index is 11.5. The summed E-state index contributed by atoms with van der Waals surface area (Å²) in [7, 11) is -4.59. The second kappa shape index (κ2) is 4.39. The second-order valence-electron chi connectivity index (χ2n) is 4.33. The average molecular weight is 248 g/mol. The second-order valence-corrected chi connectivity index (χ2v) is 5.44. The van der Waals surface area contributed by atoms with Gasteiger partial charge in [0.25, 0.3) is 0 Å². The van der Waals surface area contributed by atoms with Crippen LogP contribution in [0.5, 0.6) is 5.75 Å². The third kappa shape index (κ3) is 3.46. The average Bonchev–Trinajstić information content (AvgIpc) is 2.16. The molecule has 0 bridgehead atoms. The predicted octanol–water partition coefficient (Wildman–Crippen LogP) is 2.51. The van der Waals surface area contributed by atoms with Crippen molar-refractivity contribution in [3.8, 4) is 5.75 Å². The van der Waals surface area contributed by atoms with E-state index in [9.17, 15) is 12.9 Å². The first-order chi connectivity index (χ1) is 7.24. The molecule has 0 saturated carbocycles. The first-order valence-electron chi connectivity index (χ1n) is 4.60. The Morgan fingerprint density at radius 2 is 1.62 bits per heavy atom. The van der Waals surface area contributed by atoms with Crippen molar-refractivity contribution in [1.82, 2.24) is 0 Å². The highest BCUT2D eigenvalue weighted by atomic mass is 32.3. The van der Waals surface area contributed by atoms with Crippen LogP contribution in [-0.4, -0.2) is 8.42 Å². The van der Waals surface area contributed by atoms with E-state index in [1.807, 2.05) is 20.8 Å². The van der Waals surface area contributed by atoms with Crippen molar-refractivity contribution in [3.63, 3.8) is 0 Å². The van der Waals surface area contributed by atoms with Crippen LogP contribution in [0.15, 0.2) is 24.3 Å². The zero-order chi connectivity index (χ0) is 12.4. The van der Waals surface area contributed by atoms with E-state index in [0.717, 1.165) is 5.56 Å². The molecular formula is C10H13FO4S. The van der Waals surface area contributed by atoms with Crippen LogP contribution in [0.3, 0.4) is 0 Å². The summed E-state index contributed by atoms with van der Waals surface area (Å²) >= 11 is 0. The smallest absolute Gasteiger partial charge is 0.360 e. The van der Waals surface area contributed by atoms with Crippen molar-refractivity contribution in [3.05, 3.63) is 29.8 Å². The fraction of sp³-hybridized carbons (Fsp3) is 0.400. The first kappa shape index (κ1) is 12.9. The highest BCUT2D eigenvalue weighted by Gasteiger charge is 2.16. The molecule has 1 aromatic rings. The molecule has 1 rings (SSSR count). The van der Waals surface area contributed by atoms with E-state index in [1.165, 1.54) is 12.1 Å². The van der Waals surface area contributed by atoms with Crippen LogP contribution < -0.4 is 4.18 Å². The monoisotopic (exact) mass is 248 g/mol. The molecule has 0 heterocycles. The Kier molecular flexibility index (Phi) is 3.54. The van der Waals surface area contributed by atoms with E-state index >= 15 is 0 Å². The number of benzene rings is 1. The third-order valence-electron chi connectivity index (χ3n) is 2.00. The van der Waals surface area contributed by atoms with Gasteiger partial charge in [0.15, 0.2) is 0 Å². The third-order valence-corrected chi connectivity index (χ3v) is 2.55. The van der Waals surface area contributed by atoms with Crippen molar-refractivity contribution in [1.29, 1.82) is 0 Å². The molecule has 16 heavy (non-hydrogen) atoms. The van der Waals surface area contributed by atoms with Gasteiger partial charge in [0.05, 0.1) is 0 Å². The van der Waals surface area contributed by atoms with Crippen molar-refractivity contribution in [2.45, 2.75) is 26.2 Å². The largest absolute Gasteiger partial charge is 0.480 e. The molecule has 0 aliphatic heterocycles. The highest BCUT2D eigenvalue weighted by molar-refractivity contribution is 7.82. The maximum Gasteiger partial charge on any atom is 0.480 e. The van der Waals surface area contributed by atoms with Gasteiger partial charge in [0, 0.05) is 0 Å². The Morgan fingerprint density at radius 1 is 1.12 bits per heavy atom. The number of hydrogen-bond acceptors (Lipinski definition) is 4. The summed E-state index contributed by atoms with van der Waals surface area (Å²) in [6.07, 6.45) is 0. The van der Waals surface area contributed by atoms with E-state index < -0.39 is 10.4 Å². The lowest BCUT2D eigenvalue weighted by molar-refractivity contribution is -0.00946. The van der Waals surface area contributed by atoms with E-state index in [-0.39, 0.29) is 11.2 Å². The minimum Gasteiger partial charge on any atom is -0.360 e. The molecule has 0 amide bonds. The molecule has 0 aliphatic carbocycles. The van der Waals surface area contributed by atoms with Crippen LogP contribution >= 0.6 is 0 Å². The topological polar surface area (TPSA) is 52.6 Å². The van der Waals surface area contributed by atoms with Crippen LogP contribution in [0.1, 0.15) is 26.3 Å². The Morgan fingerprint density at radius 3 is 2.00 bits per heavy atom. The van der Waals surface area contributed by atoms with Gasteiger partial charge in [-0.1, -0.05) is 32.9 Å². The maximum absolute atomic E-state index is 11.5. The fourth-order valence-corrected chi connectivity index (χ4v) is 1.51. The van der Waals surface area contributed by atoms with E-state index in [4.69, 9.17) is 0 Å². The molecule has 0 radical (unpaired) electrons. The minimum absolute atomic E-state index is 0.00523. The molecule has 0 saturated heterocycles. The number of hydrogen-bond donors (Lipinski definition) is 0. The fourth-order valence-electron chi connectivity index (χ4n) is 1.14. The Balaban J connectivity index is 2.89. The summed E-state index contributed by atoms with van der Waals surface area (Å²) in [4.78, 5) is 0. The van der Waals surface area contributed by atoms with Crippen LogP contribution in [-0.2, 0) is 20.2 Å². The van der Waals surface area contributed by atoms with Gasteiger partial charge in [-0.25, -0.2) is 0 Å². The Labute approximate surface area is 94.2 Å². The Bertz CT molecular complexity index is 445. The van der Waals surface area contributed by atoms with E-state index in [2.05, 4.69) is 8.57 Å². The van der Waals surface area contributed by atoms with Crippen molar-refractivity contribution < 1.29 is 21.5 Å². The SMILES string of the molecule is CC(C)(C)c1ccc(OS(=O)(=O)OF)cc1. The van der Waals surface area contributed by atoms with E-state index in [1.54, 1.807) is 12.1 Å². The zero-order valence-electron chi connectivity index (χ0n) is 9.23. The molecular weight excluding hydrogens is 235 g/mol. The molecule has 0 atom stereocenters. The van der Waals surface area contributed by atoms with Crippen LogP contribution in [0, 0.1) is 0 Å². The molecule has 90 valence electrons. The molecule has 0 aliphatic rings. The minimum atomic E-state index is -4.59. The first-order valence-corrected chi connectivity index (χ1v) is 5.93.